The molecule has 0 atom stereocenters. The summed E-state index contributed by atoms with van der Waals surface area (Å²) in [7, 11) is 0. The van der Waals surface area contributed by atoms with Gasteiger partial charge in [-0.25, -0.2) is 4.98 Å². The van der Waals surface area contributed by atoms with E-state index >= 15 is 0 Å². The van der Waals surface area contributed by atoms with Gasteiger partial charge in [-0.15, -0.1) is 0 Å². The summed E-state index contributed by atoms with van der Waals surface area (Å²) in [5.74, 6) is 0.914. The first-order chi connectivity index (χ1) is 8.99. The van der Waals surface area contributed by atoms with E-state index in [-0.39, 0.29) is 4.99 Å². The van der Waals surface area contributed by atoms with Crippen LogP contribution in [0.5, 0.6) is 11.6 Å². The summed E-state index contributed by atoms with van der Waals surface area (Å²) in [6.07, 6.45) is 1.65. The molecule has 1 heterocycles. The zero-order valence-corrected chi connectivity index (χ0v) is 12.2. The van der Waals surface area contributed by atoms with Gasteiger partial charge in [0.2, 0.25) is 5.88 Å². The highest BCUT2D eigenvalue weighted by molar-refractivity contribution is 7.80. The van der Waals surface area contributed by atoms with E-state index in [2.05, 4.69) is 4.98 Å². The maximum Gasteiger partial charge on any atom is 0.229 e. The molecule has 1 aromatic heterocycles. The van der Waals surface area contributed by atoms with Crippen molar-refractivity contribution >= 4 is 28.8 Å². The van der Waals surface area contributed by atoms with Crippen LogP contribution in [0.15, 0.2) is 30.5 Å². The first-order valence-corrected chi connectivity index (χ1v) is 6.47. The fourth-order valence-corrected chi connectivity index (χ4v) is 2.11. The fourth-order valence-electron chi connectivity index (χ4n) is 1.70. The molecule has 2 N–H and O–H groups in total. The molecule has 0 bridgehead atoms. The van der Waals surface area contributed by atoms with E-state index in [0.29, 0.717) is 22.2 Å². The molecule has 0 aliphatic carbocycles. The summed E-state index contributed by atoms with van der Waals surface area (Å²) in [5, 5.41) is 0.516. The Morgan fingerprint density at radius 2 is 2.05 bits per heavy atom. The molecule has 0 saturated carbocycles. The van der Waals surface area contributed by atoms with Crippen LogP contribution in [-0.2, 0) is 0 Å². The van der Waals surface area contributed by atoms with Gasteiger partial charge >= 0.3 is 0 Å². The van der Waals surface area contributed by atoms with Gasteiger partial charge in [0.05, 0.1) is 10.6 Å². The lowest BCUT2D eigenvalue weighted by Gasteiger charge is -2.12. The van der Waals surface area contributed by atoms with Gasteiger partial charge in [-0.2, -0.15) is 0 Å². The number of hydrogen-bond acceptors (Lipinski definition) is 3. The van der Waals surface area contributed by atoms with Crippen LogP contribution < -0.4 is 10.5 Å². The van der Waals surface area contributed by atoms with Crippen molar-refractivity contribution in [3.05, 3.63) is 52.2 Å². The van der Waals surface area contributed by atoms with Crippen molar-refractivity contribution in [3.63, 3.8) is 0 Å². The number of aromatic nitrogens is 1. The molecule has 0 aliphatic heterocycles. The molecule has 98 valence electrons. The average molecular weight is 293 g/mol. The van der Waals surface area contributed by atoms with Gasteiger partial charge in [0.25, 0.3) is 0 Å². The number of nitrogens with two attached hydrogens (primary N) is 1. The molecule has 1 aromatic carbocycles. The summed E-state index contributed by atoms with van der Waals surface area (Å²) >= 11 is 11.1. The molecule has 0 aliphatic rings. The highest BCUT2D eigenvalue weighted by Crippen LogP contribution is 2.31. The highest BCUT2D eigenvalue weighted by atomic mass is 35.5. The number of rotatable bonds is 3. The number of hydrogen-bond donors (Lipinski definition) is 1. The number of nitrogens with zero attached hydrogens (tertiary/aromatic N) is 1. The number of aryl methyl sites for hydroxylation is 2. The van der Waals surface area contributed by atoms with Crippen LogP contribution in [0.4, 0.5) is 0 Å². The maximum atomic E-state index is 6.10. The van der Waals surface area contributed by atoms with Gasteiger partial charge in [0, 0.05) is 6.20 Å². The minimum Gasteiger partial charge on any atom is -0.437 e. The Hall–Kier alpha value is -1.65. The molecule has 0 unspecified atom stereocenters. The molecule has 0 fully saturated rings. The van der Waals surface area contributed by atoms with E-state index in [0.717, 1.165) is 11.1 Å². The largest absolute Gasteiger partial charge is 0.437 e. The Balaban J connectivity index is 2.46. The van der Waals surface area contributed by atoms with E-state index in [1.807, 2.05) is 32.0 Å². The van der Waals surface area contributed by atoms with Crippen molar-refractivity contribution < 1.29 is 4.74 Å². The summed E-state index contributed by atoms with van der Waals surface area (Å²) in [6.45, 7) is 3.86. The molecular formula is C14H13ClN2OS. The van der Waals surface area contributed by atoms with Gasteiger partial charge in [0.1, 0.15) is 10.7 Å². The maximum absolute atomic E-state index is 6.10. The van der Waals surface area contributed by atoms with Crippen LogP contribution in [0, 0.1) is 13.8 Å². The number of thiocarbonyl (C=S) groups is 1. The van der Waals surface area contributed by atoms with E-state index in [9.17, 15) is 0 Å². The van der Waals surface area contributed by atoms with Crippen LogP contribution in [0.2, 0.25) is 5.02 Å². The number of halogens is 1. The SMILES string of the molecule is Cc1ccc(Cl)c(Oc2nccc(C)c2C(N)=S)c1. The molecule has 3 nitrogen and oxygen atoms in total. The molecular weight excluding hydrogens is 280 g/mol. The lowest BCUT2D eigenvalue weighted by molar-refractivity contribution is 0.461. The Morgan fingerprint density at radius 1 is 1.32 bits per heavy atom. The third-order valence-electron chi connectivity index (χ3n) is 2.66. The van der Waals surface area contributed by atoms with Gasteiger partial charge in [-0.05, 0) is 43.2 Å². The van der Waals surface area contributed by atoms with Gasteiger partial charge in [-0.3, -0.25) is 0 Å². The van der Waals surface area contributed by atoms with Crippen molar-refractivity contribution in [1.29, 1.82) is 0 Å². The van der Waals surface area contributed by atoms with Crippen molar-refractivity contribution in [3.8, 4) is 11.6 Å². The lowest BCUT2D eigenvalue weighted by Crippen LogP contribution is -2.13. The second-order valence-electron chi connectivity index (χ2n) is 4.21. The molecule has 19 heavy (non-hydrogen) atoms. The molecule has 5 heteroatoms. The smallest absolute Gasteiger partial charge is 0.229 e. The molecule has 0 amide bonds. The zero-order valence-electron chi connectivity index (χ0n) is 10.6. The Morgan fingerprint density at radius 3 is 2.74 bits per heavy atom. The summed E-state index contributed by atoms with van der Waals surface area (Å²) in [5.41, 5.74) is 8.31. The molecule has 2 aromatic rings. The van der Waals surface area contributed by atoms with Crippen molar-refractivity contribution in [2.24, 2.45) is 5.73 Å². The second-order valence-corrected chi connectivity index (χ2v) is 5.06. The molecule has 2 rings (SSSR count). The molecule has 0 spiro atoms. The minimum atomic E-state index is 0.254. The summed E-state index contributed by atoms with van der Waals surface area (Å²) in [6, 6.07) is 7.37. The Bertz CT molecular complexity index is 643. The van der Waals surface area contributed by atoms with Gasteiger partial charge < -0.3 is 10.5 Å². The number of ether oxygens (including phenoxy) is 1. The summed E-state index contributed by atoms with van der Waals surface area (Å²) < 4.78 is 5.75. The van der Waals surface area contributed by atoms with Crippen LogP contribution in [0.3, 0.4) is 0 Å². The first-order valence-electron chi connectivity index (χ1n) is 5.68. The predicted octanol–water partition coefficient (Wildman–Crippen LogP) is 3.78. The first kappa shape index (κ1) is 13.8. The van der Waals surface area contributed by atoms with E-state index < -0.39 is 0 Å². The van der Waals surface area contributed by atoms with Crippen molar-refractivity contribution in [1.82, 2.24) is 4.98 Å². The highest BCUT2D eigenvalue weighted by Gasteiger charge is 2.13. The summed E-state index contributed by atoms with van der Waals surface area (Å²) in [4.78, 5) is 4.43. The molecule has 0 radical (unpaired) electrons. The Labute approximate surface area is 122 Å². The number of pyridine rings is 1. The van der Waals surface area contributed by atoms with Crippen LogP contribution in [-0.4, -0.2) is 9.97 Å². The Kier molecular flexibility index (Phi) is 4.02. The average Bonchev–Trinajstić information content (AvgIpc) is 2.33. The van der Waals surface area contributed by atoms with Crippen LogP contribution in [0.1, 0.15) is 16.7 Å². The third kappa shape index (κ3) is 3.03. The minimum absolute atomic E-state index is 0.254. The predicted molar refractivity (Wildman–Crippen MR) is 81.1 cm³/mol. The van der Waals surface area contributed by atoms with Gasteiger partial charge in [-0.1, -0.05) is 29.9 Å². The standard InChI is InChI=1S/C14H13ClN2OS/c1-8-3-4-10(15)11(7-8)18-14-12(13(16)19)9(2)5-6-17-14/h3-7H,1-2H3,(H2,16,19). The zero-order chi connectivity index (χ0) is 14.0. The van der Waals surface area contributed by atoms with E-state index in [1.165, 1.54) is 0 Å². The normalized spacial score (nSPS) is 10.3. The molecule has 0 saturated heterocycles. The van der Waals surface area contributed by atoms with E-state index in [1.54, 1.807) is 12.3 Å². The van der Waals surface area contributed by atoms with Gasteiger partial charge in [0.15, 0.2) is 0 Å². The number of benzene rings is 1. The third-order valence-corrected chi connectivity index (χ3v) is 3.18. The van der Waals surface area contributed by atoms with Crippen molar-refractivity contribution in [2.45, 2.75) is 13.8 Å². The quantitative estimate of drug-likeness (QED) is 0.875. The second kappa shape index (κ2) is 5.55. The fraction of sp³-hybridized carbons (Fsp3) is 0.143. The van der Waals surface area contributed by atoms with E-state index in [4.69, 9.17) is 34.3 Å². The van der Waals surface area contributed by atoms with Crippen LogP contribution in [0.25, 0.3) is 0 Å². The lowest BCUT2D eigenvalue weighted by atomic mass is 10.1. The van der Waals surface area contributed by atoms with Crippen LogP contribution >= 0.6 is 23.8 Å². The van der Waals surface area contributed by atoms with Crippen molar-refractivity contribution in [2.75, 3.05) is 0 Å². The monoisotopic (exact) mass is 292 g/mol. The topological polar surface area (TPSA) is 48.1 Å².